The number of nitrogens with two attached hydrogens (primary N) is 1. The number of piperidine rings is 1. The lowest BCUT2D eigenvalue weighted by Crippen LogP contribution is -2.43. The molecule has 0 aromatic heterocycles. The van der Waals surface area contributed by atoms with E-state index in [1.807, 2.05) is 0 Å². The van der Waals surface area contributed by atoms with Crippen LogP contribution in [-0.2, 0) is 14.8 Å². The van der Waals surface area contributed by atoms with E-state index < -0.39 is 15.8 Å². The molecule has 0 unspecified atom stereocenters. The van der Waals surface area contributed by atoms with Crippen molar-refractivity contribution in [1.29, 1.82) is 0 Å². The highest BCUT2D eigenvalue weighted by Gasteiger charge is 2.33. The Kier molecular flexibility index (Phi) is 6.70. The average molecular weight is 357 g/mol. The van der Waals surface area contributed by atoms with Gasteiger partial charge in [-0.2, -0.15) is 4.31 Å². The van der Waals surface area contributed by atoms with Crippen molar-refractivity contribution in [3.8, 4) is 0 Å². The molecule has 0 spiro atoms. The third-order valence-electron chi connectivity index (χ3n) is 4.21. The molecule has 1 amide bonds. The SMILES string of the molecule is NCCCCNC(=O)C1CCN(S(=O)(=O)c2ccccc2F)CC1. The third-order valence-corrected chi connectivity index (χ3v) is 6.14. The van der Waals surface area contributed by atoms with Gasteiger partial charge in [-0.15, -0.1) is 0 Å². The fourth-order valence-corrected chi connectivity index (χ4v) is 4.31. The Hall–Kier alpha value is -1.51. The van der Waals surface area contributed by atoms with Crippen LogP contribution in [0.2, 0.25) is 0 Å². The number of unbranched alkanes of at least 4 members (excludes halogenated alkanes) is 1. The van der Waals surface area contributed by atoms with Crippen LogP contribution in [0.5, 0.6) is 0 Å². The summed E-state index contributed by atoms with van der Waals surface area (Å²) < 4.78 is 40.0. The van der Waals surface area contributed by atoms with E-state index in [2.05, 4.69) is 5.32 Å². The van der Waals surface area contributed by atoms with Gasteiger partial charge < -0.3 is 11.1 Å². The molecule has 1 fully saturated rings. The van der Waals surface area contributed by atoms with Crippen molar-refractivity contribution >= 4 is 15.9 Å². The van der Waals surface area contributed by atoms with Gasteiger partial charge in [0, 0.05) is 25.6 Å². The van der Waals surface area contributed by atoms with Crippen LogP contribution >= 0.6 is 0 Å². The highest BCUT2D eigenvalue weighted by molar-refractivity contribution is 7.89. The number of carbonyl (C=O) groups is 1. The number of nitrogens with zero attached hydrogens (tertiary/aromatic N) is 1. The molecule has 2 rings (SSSR count). The number of rotatable bonds is 7. The molecule has 1 aromatic carbocycles. The summed E-state index contributed by atoms with van der Waals surface area (Å²) in [6.45, 7) is 1.63. The summed E-state index contributed by atoms with van der Waals surface area (Å²) in [6.07, 6.45) is 2.58. The number of halogens is 1. The lowest BCUT2D eigenvalue weighted by molar-refractivity contribution is -0.126. The molecule has 24 heavy (non-hydrogen) atoms. The van der Waals surface area contributed by atoms with Gasteiger partial charge in [0.25, 0.3) is 0 Å². The number of nitrogens with one attached hydrogen (secondary N) is 1. The highest BCUT2D eigenvalue weighted by atomic mass is 32.2. The van der Waals surface area contributed by atoms with Gasteiger partial charge in [0.15, 0.2) is 0 Å². The van der Waals surface area contributed by atoms with Crippen LogP contribution in [0.4, 0.5) is 4.39 Å². The van der Waals surface area contributed by atoms with Gasteiger partial charge in [0.05, 0.1) is 0 Å². The molecule has 0 atom stereocenters. The van der Waals surface area contributed by atoms with Gasteiger partial charge in [-0.3, -0.25) is 4.79 Å². The van der Waals surface area contributed by atoms with Crippen LogP contribution in [0.3, 0.4) is 0 Å². The molecule has 0 bridgehead atoms. The first-order valence-electron chi connectivity index (χ1n) is 8.19. The summed E-state index contributed by atoms with van der Waals surface area (Å²) in [4.78, 5) is 11.8. The van der Waals surface area contributed by atoms with E-state index in [0.717, 1.165) is 18.9 Å². The van der Waals surface area contributed by atoms with Crippen molar-refractivity contribution in [3.05, 3.63) is 30.1 Å². The maximum absolute atomic E-state index is 13.8. The van der Waals surface area contributed by atoms with E-state index in [0.29, 0.717) is 25.9 Å². The molecule has 6 nitrogen and oxygen atoms in total. The van der Waals surface area contributed by atoms with Gasteiger partial charge in [0.2, 0.25) is 15.9 Å². The van der Waals surface area contributed by atoms with Crippen LogP contribution in [0.1, 0.15) is 25.7 Å². The number of hydrogen-bond acceptors (Lipinski definition) is 4. The molecule has 3 N–H and O–H groups in total. The molecule has 1 saturated heterocycles. The second-order valence-corrected chi connectivity index (χ2v) is 7.80. The predicted octanol–water partition coefficient (Wildman–Crippen LogP) is 1.08. The van der Waals surface area contributed by atoms with Gasteiger partial charge in [-0.1, -0.05) is 12.1 Å². The fraction of sp³-hybridized carbons (Fsp3) is 0.562. The fourth-order valence-electron chi connectivity index (χ4n) is 2.78. The van der Waals surface area contributed by atoms with E-state index in [9.17, 15) is 17.6 Å². The standard InChI is InChI=1S/C16H24FN3O3S/c17-14-5-1-2-6-15(14)24(22,23)20-11-7-13(8-12-20)16(21)19-10-4-3-9-18/h1-2,5-6,13H,3-4,7-12,18H2,(H,19,21). The Bertz CT molecular complexity index is 658. The van der Waals surface area contributed by atoms with E-state index >= 15 is 0 Å². The molecule has 1 heterocycles. The zero-order chi connectivity index (χ0) is 17.6. The van der Waals surface area contributed by atoms with Crippen LogP contribution in [0.25, 0.3) is 0 Å². The summed E-state index contributed by atoms with van der Waals surface area (Å²) in [5, 5.41) is 2.86. The van der Waals surface area contributed by atoms with Gasteiger partial charge in [-0.05, 0) is 44.4 Å². The van der Waals surface area contributed by atoms with Crippen molar-refractivity contribution in [1.82, 2.24) is 9.62 Å². The van der Waals surface area contributed by atoms with Crippen molar-refractivity contribution < 1.29 is 17.6 Å². The minimum absolute atomic E-state index is 0.0463. The Morgan fingerprint density at radius 1 is 1.25 bits per heavy atom. The predicted molar refractivity (Wildman–Crippen MR) is 89.2 cm³/mol. The normalized spacial score (nSPS) is 16.9. The lowest BCUT2D eigenvalue weighted by atomic mass is 9.97. The zero-order valence-corrected chi connectivity index (χ0v) is 14.4. The molecule has 0 aliphatic carbocycles. The van der Waals surface area contributed by atoms with E-state index in [-0.39, 0.29) is 29.8 Å². The van der Waals surface area contributed by atoms with Crippen molar-refractivity contribution in [2.24, 2.45) is 11.7 Å². The van der Waals surface area contributed by atoms with Gasteiger partial charge >= 0.3 is 0 Å². The number of benzene rings is 1. The Morgan fingerprint density at radius 2 is 1.92 bits per heavy atom. The topological polar surface area (TPSA) is 92.5 Å². The van der Waals surface area contributed by atoms with Crippen molar-refractivity contribution in [2.75, 3.05) is 26.2 Å². The van der Waals surface area contributed by atoms with E-state index in [1.54, 1.807) is 0 Å². The van der Waals surface area contributed by atoms with Crippen LogP contribution < -0.4 is 11.1 Å². The van der Waals surface area contributed by atoms with Crippen LogP contribution in [0, 0.1) is 11.7 Å². The quantitative estimate of drug-likeness (QED) is 0.714. The van der Waals surface area contributed by atoms with E-state index in [4.69, 9.17) is 5.73 Å². The first-order valence-corrected chi connectivity index (χ1v) is 9.63. The molecule has 1 aliphatic heterocycles. The first kappa shape index (κ1) is 18.8. The number of hydrogen-bond donors (Lipinski definition) is 2. The van der Waals surface area contributed by atoms with Crippen molar-refractivity contribution in [2.45, 2.75) is 30.6 Å². The first-order chi connectivity index (χ1) is 11.5. The molecular weight excluding hydrogens is 333 g/mol. The maximum atomic E-state index is 13.8. The Balaban J connectivity index is 1.90. The van der Waals surface area contributed by atoms with Gasteiger partial charge in [0.1, 0.15) is 10.7 Å². The molecule has 1 aliphatic rings. The maximum Gasteiger partial charge on any atom is 0.245 e. The largest absolute Gasteiger partial charge is 0.356 e. The Morgan fingerprint density at radius 3 is 2.54 bits per heavy atom. The monoisotopic (exact) mass is 357 g/mol. The second kappa shape index (κ2) is 8.55. The van der Waals surface area contributed by atoms with Crippen LogP contribution in [-0.4, -0.2) is 44.8 Å². The summed E-state index contributed by atoms with van der Waals surface area (Å²) >= 11 is 0. The molecule has 8 heteroatoms. The lowest BCUT2D eigenvalue weighted by Gasteiger charge is -2.30. The Labute approximate surface area is 142 Å². The van der Waals surface area contributed by atoms with Crippen molar-refractivity contribution in [3.63, 3.8) is 0 Å². The minimum Gasteiger partial charge on any atom is -0.356 e. The highest BCUT2D eigenvalue weighted by Crippen LogP contribution is 2.25. The summed E-state index contributed by atoms with van der Waals surface area (Å²) in [5.41, 5.74) is 5.40. The molecule has 134 valence electrons. The second-order valence-electron chi connectivity index (χ2n) is 5.90. The zero-order valence-electron chi connectivity index (χ0n) is 13.6. The minimum atomic E-state index is -3.85. The summed E-state index contributed by atoms with van der Waals surface area (Å²) in [6, 6.07) is 5.35. The number of sulfonamides is 1. The average Bonchev–Trinajstić information content (AvgIpc) is 2.59. The number of carbonyl (C=O) groups excluding carboxylic acids is 1. The molecule has 0 radical (unpaired) electrons. The van der Waals surface area contributed by atoms with Crippen LogP contribution in [0.15, 0.2) is 29.2 Å². The smallest absolute Gasteiger partial charge is 0.245 e. The summed E-state index contributed by atoms with van der Waals surface area (Å²) in [5.74, 6) is -0.998. The molecule has 0 saturated carbocycles. The molecule has 1 aromatic rings. The third kappa shape index (κ3) is 4.52. The van der Waals surface area contributed by atoms with E-state index in [1.165, 1.54) is 22.5 Å². The van der Waals surface area contributed by atoms with Gasteiger partial charge in [-0.25, -0.2) is 12.8 Å². The molecular formula is C16H24FN3O3S. The summed E-state index contributed by atoms with van der Waals surface area (Å²) in [7, 11) is -3.85. The number of amides is 1.